The van der Waals surface area contributed by atoms with Crippen LogP contribution < -0.4 is 0 Å². The highest BCUT2D eigenvalue weighted by molar-refractivity contribution is 5.95. The van der Waals surface area contributed by atoms with Gasteiger partial charge < -0.3 is 4.90 Å². The second-order valence-electron chi connectivity index (χ2n) is 10.3. The Morgan fingerprint density at radius 3 is 2.63 bits per heavy atom. The molecule has 1 aromatic rings. The fourth-order valence-corrected chi connectivity index (χ4v) is 6.38. The number of ketones is 1. The van der Waals surface area contributed by atoms with Gasteiger partial charge in [0.25, 0.3) is 0 Å². The van der Waals surface area contributed by atoms with Gasteiger partial charge in [-0.15, -0.1) is 0 Å². The lowest BCUT2D eigenvalue weighted by Gasteiger charge is -2.40. The molecule has 0 spiro atoms. The van der Waals surface area contributed by atoms with Crippen LogP contribution in [0.4, 0.5) is 0 Å². The Hall–Kier alpha value is -1.45. The molecule has 0 bridgehead atoms. The first kappa shape index (κ1) is 20.5. The number of piperazine rings is 1. The highest BCUT2D eigenvalue weighted by Crippen LogP contribution is 2.66. The summed E-state index contributed by atoms with van der Waals surface area (Å²) in [6.45, 7) is 8.07. The summed E-state index contributed by atoms with van der Waals surface area (Å²) >= 11 is 0. The molecular weight excluding hydrogens is 368 g/mol. The summed E-state index contributed by atoms with van der Waals surface area (Å²) in [5.41, 5.74) is 4.01. The van der Waals surface area contributed by atoms with Crippen LogP contribution in [0.1, 0.15) is 92.1 Å². The molecule has 30 heavy (non-hydrogen) atoms. The van der Waals surface area contributed by atoms with Crippen LogP contribution in [0.2, 0.25) is 0 Å². The number of benzene rings is 1. The Labute approximate surface area is 182 Å². The van der Waals surface area contributed by atoms with Crippen molar-refractivity contribution in [3.8, 4) is 0 Å². The molecule has 162 valence electrons. The Bertz CT molecular complexity index is 801. The Kier molecular flexibility index (Phi) is 5.86. The standard InChI is InChI=1S/C27H38N2O/c1-21(30)22-9-10-25-23(19-22)11-13-27(20-26(25)27)12-5-6-14-28-15-17-29(18-16-28)24-7-3-2-4-8-24/h9-11,13,19,24,26H,2-8,12,14-18,20H2,1H3. The molecule has 4 aliphatic rings. The summed E-state index contributed by atoms with van der Waals surface area (Å²) in [6, 6.07) is 7.22. The average Bonchev–Trinajstić information content (AvgIpc) is 3.53. The first-order valence-electron chi connectivity index (χ1n) is 12.5. The molecule has 1 aromatic carbocycles. The molecule has 0 amide bonds. The van der Waals surface area contributed by atoms with Crippen molar-refractivity contribution in [3.63, 3.8) is 0 Å². The van der Waals surface area contributed by atoms with Crippen molar-refractivity contribution in [2.45, 2.75) is 76.7 Å². The van der Waals surface area contributed by atoms with Crippen LogP contribution in [0.3, 0.4) is 0 Å². The monoisotopic (exact) mass is 406 g/mol. The van der Waals surface area contributed by atoms with Gasteiger partial charge in [0.1, 0.15) is 0 Å². The number of carbonyl (C=O) groups is 1. The molecule has 3 fully saturated rings. The summed E-state index contributed by atoms with van der Waals surface area (Å²) < 4.78 is 0. The minimum Gasteiger partial charge on any atom is -0.301 e. The van der Waals surface area contributed by atoms with Crippen molar-refractivity contribution in [1.29, 1.82) is 0 Å². The molecule has 1 heterocycles. The highest BCUT2D eigenvalue weighted by Gasteiger charge is 2.54. The summed E-state index contributed by atoms with van der Waals surface area (Å²) in [4.78, 5) is 17.1. The zero-order chi connectivity index (χ0) is 20.6. The summed E-state index contributed by atoms with van der Waals surface area (Å²) in [7, 11) is 0. The normalized spacial score (nSPS) is 29.4. The third kappa shape index (κ3) is 4.16. The molecule has 0 aromatic heterocycles. The number of hydrogen-bond donors (Lipinski definition) is 0. The summed E-state index contributed by atoms with van der Waals surface area (Å²) in [5, 5.41) is 0. The SMILES string of the molecule is CC(=O)c1ccc2c(c1)C=CC1(CCCCN3CCN(C4CCCCC4)CC3)CC21. The van der Waals surface area contributed by atoms with Crippen LogP contribution in [0.5, 0.6) is 0 Å². The number of fused-ring (bicyclic) bond motifs is 3. The molecule has 2 saturated carbocycles. The second-order valence-corrected chi connectivity index (χ2v) is 10.3. The van der Waals surface area contributed by atoms with E-state index >= 15 is 0 Å². The van der Waals surface area contributed by atoms with Gasteiger partial charge >= 0.3 is 0 Å². The van der Waals surface area contributed by atoms with E-state index in [9.17, 15) is 4.79 Å². The molecule has 1 saturated heterocycles. The number of hydrogen-bond acceptors (Lipinski definition) is 3. The lowest BCUT2D eigenvalue weighted by molar-refractivity contribution is 0.0780. The molecule has 2 unspecified atom stereocenters. The molecule has 5 rings (SSSR count). The fourth-order valence-electron chi connectivity index (χ4n) is 6.38. The molecular formula is C27H38N2O. The summed E-state index contributed by atoms with van der Waals surface area (Å²) in [6.07, 6.45) is 17.3. The van der Waals surface area contributed by atoms with E-state index in [1.807, 2.05) is 6.07 Å². The minimum atomic E-state index is 0.165. The zero-order valence-corrected chi connectivity index (χ0v) is 18.7. The van der Waals surface area contributed by atoms with Gasteiger partial charge in [0, 0.05) is 37.8 Å². The van der Waals surface area contributed by atoms with E-state index in [1.165, 1.54) is 102 Å². The maximum Gasteiger partial charge on any atom is 0.159 e. The van der Waals surface area contributed by atoms with Crippen LogP contribution in [-0.2, 0) is 0 Å². The second kappa shape index (κ2) is 8.59. The topological polar surface area (TPSA) is 23.6 Å². The maximum atomic E-state index is 11.7. The average molecular weight is 407 g/mol. The number of carbonyl (C=O) groups excluding carboxylic acids is 1. The van der Waals surface area contributed by atoms with Crippen LogP contribution in [0.15, 0.2) is 24.3 Å². The number of unbranched alkanes of at least 4 members (excludes halogenated alkanes) is 1. The molecule has 3 nitrogen and oxygen atoms in total. The molecule has 3 heteroatoms. The Morgan fingerprint density at radius 1 is 1.07 bits per heavy atom. The van der Waals surface area contributed by atoms with E-state index in [4.69, 9.17) is 0 Å². The van der Waals surface area contributed by atoms with E-state index in [0.717, 1.165) is 11.6 Å². The van der Waals surface area contributed by atoms with Crippen LogP contribution in [0, 0.1) is 5.41 Å². The van der Waals surface area contributed by atoms with Crippen molar-refractivity contribution < 1.29 is 4.79 Å². The van der Waals surface area contributed by atoms with E-state index in [-0.39, 0.29) is 5.78 Å². The third-order valence-electron chi connectivity index (χ3n) is 8.45. The van der Waals surface area contributed by atoms with Gasteiger partial charge in [-0.25, -0.2) is 0 Å². The van der Waals surface area contributed by atoms with E-state index in [0.29, 0.717) is 11.3 Å². The van der Waals surface area contributed by atoms with Gasteiger partial charge in [0.15, 0.2) is 5.78 Å². The van der Waals surface area contributed by atoms with Gasteiger partial charge in [-0.2, -0.15) is 0 Å². The van der Waals surface area contributed by atoms with Gasteiger partial charge in [-0.3, -0.25) is 9.69 Å². The fraction of sp³-hybridized carbons (Fsp3) is 0.667. The van der Waals surface area contributed by atoms with Gasteiger partial charge in [0.2, 0.25) is 0 Å². The smallest absolute Gasteiger partial charge is 0.159 e. The molecule has 1 aliphatic heterocycles. The van der Waals surface area contributed by atoms with Crippen molar-refractivity contribution in [1.82, 2.24) is 9.80 Å². The van der Waals surface area contributed by atoms with E-state index < -0.39 is 0 Å². The molecule has 0 radical (unpaired) electrons. The van der Waals surface area contributed by atoms with Crippen molar-refractivity contribution >= 4 is 11.9 Å². The van der Waals surface area contributed by atoms with Gasteiger partial charge in [-0.05, 0) is 74.1 Å². The van der Waals surface area contributed by atoms with Crippen LogP contribution in [0.25, 0.3) is 6.08 Å². The van der Waals surface area contributed by atoms with Gasteiger partial charge in [0.05, 0.1) is 0 Å². The quantitative estimate of drug-likeness (QED) is 0.441. The predicted molar refractivity (Wildman–Crippen MR) is 124 cm³/mol. The Balaban J connectivity index is 1.05. The molecule has 2 atom stereocenters. The molecule has 0 N–H and O–H groups in total. The van der Waals surface area contributed by atoms with Crippen molar-refractivity contribution in [3.05, 3.63) is 41.0 Å². The lowest BCUT2D eigenvalue weighted by Crippen LogP contribution is -2.50. The third-order valence-corrected chi connectivity index (χ3v) is 8.45. The first-order chi connectivity index (χ1) is 14.6. The summed E-state index contributed by atoms with van der Waals surface area (Å²) in [5.74, 6) is 0.857. The minimum absolute atomic E-state index is 0.165. The number of allylic oxidation sites excluding steroid dienone is 1. The van der Waals surface area contributed by atoms with E-state index in [2.05, 4.69) is 34.1 Å². The number of nitrogens with zero attached hydrogens (tertiary/aromatic N) is 2. The predicted octanol–water partition coefficient (Wildman–Crippen LogP) is 5.51. The maximum absolute atomic E-state index is 11.7. The van der Waals surface area contributed by atoms with Crippen molar-refractivity contribution in [2.24, 2.45) is 5.41 Å². The Morgan fingerprint density at radius 2 is 1.87 bits per heavy atom. The highest BCUT2D eigenvalue weighted by atomic mass is 16.1. The first-order valence-corrected chi connectivity index (χ1v) is 12.5. The number of Topliss-reactive ketones (excluding diaryl/α,β-unsaturated/α-hetero) is 1. The van der Waals surface area contributed by atoms with Crippen LogP contribution >= 0.6 is 0 Å². The van der Waals surface area contributed by atoms with Crippen LogP contribution in [-0.4, -0.2) is 54.3 Å². The van der Waals surface area contributed by atoms with Crippen molar-refractivity contribution in [2.75, 3.05) is 32.7 Å². The lowest BCUT2D eigenvalue weighted by atomic mass is 9.85. The van der Waals surface area contributed by atoms with E-state index in [1.54, 1.807) is 6.92 Å². The van der Waals surface area contributed by atoms with Gasteiger partial charge in [-0.1, -0.05) is 50.0 Å². The zero-order valence-electron chi connectivity index (χ0n) is 18.7. The molecule has 3 aliphatic carbocycles. The largest absolute Gasteiger partial charge is 0.301 e. The number of rotatable bonds is 7.